The van der Waals surface area contributed by atoms with Crippen LogP contribution in [0.4, 0.5) is 5.69 Å². The molecule has 0 atom stereocenters. The molecule has 1 aliphatic heterocycles. The van der Waals surface area contributed by atoms with Gasteiger partial charge in [-0.15, -0.1) is 0 Å². The minimum Gasteiger partial charge on any atom is -0.377 e. The molecule has 0 saturated carbocycles. The molecule has 1 saturated heterocycles. The van der Waals surface area contributed by atoms with Gasteiger partial charge in [0, 0.05) is 35.1 Å². The molecule has 6 rings (SSSR count). The van der Waals surface area contributed by atoms with Crippen LogP contribution < -0.4 is 4.90 Å². The first-order valence-corrected chi connectivity index (χ1v) is 13.8. The van der Waals surface area contributed by atoms with E-state index in [9.17, 15) is 0 Å². The van der Waals surface area contributed by atoms with Crippen molar-refractivity contribution in [2.24, 2.45) is 0 Å². The molecule has 8 heteroatoms. The lowest BCUT2D eigenvalue weighted by Crippen LogP contribution is -2.31. The maximum Gasteiger partial charge on any atom is 0.138 e. The topological polar surface area (TPSA) is 66.7 Å². The smallest absolute Gasteiger partial charge is 0.138 e. The maximum atomic E-state index is 5.85. The van der Waals surface area contributed by atoms with Crippen molar-refractivity contribution >= 4 is 33.1 Å². The van der Waals surface area contributed by atoms with E-state index in [1.165, 1.54) is 21.8 Å². The number of hydrogen-bond acceptors (Lipinski definition) is 7. The highest BCUT2D eigenvalue weighted by Gasteiger charge is 2.18. The molecular weight excluding hydrogens is 494 g/mol. The number of hydrogen-bond donors (Lipinski definition) is 0. The van der Waals surface area contributed by atoms with Crippen molar-refractivity contribution in [1.29, 1.82) is 0 Å². The SMILES string of the molecule is c1ccc2c(c1)c1cccc3nc(-c4ccc(N5CCOCCOCCOCCOCCOCC5)cc4)c2n31. The predicted octanol–water partition coefficient (Wildman–Crippen LogP) is 4.65. The predicted molar refractivity (Wildman–Crippen MR) is 153 cm³/mol. The number of ether oxygens (including phenoxy) is 5. The molecule has 4 heterocycles. The second-order valence-electron chi connectivity index (χ2n) is 9.56. The Kier molecular flexibility index (Phi) is 8.47. The van der Waals surface area contributed by atoms with E-state index in [-0.39, 0.29) is 0 Å². The van der Waals surface area contributed by atoms with E-state index in [1.807, 2.05) is 0 Å². The van der Waals surface area contributed by atoms with Crippen molar-refractivity contribution in [3.8, 4) is 11.3 Å². The van der Waals surface area contributed by atoms with Crippen molar-refractivity contribution in [3.05, 3.63) is 66.7 Å². The van der Waals surface area contributed by atoms with Gasteiger partial charge in [0.05, 0.1) is 82.8 Å². The lowest BCUT2D eigenvalue weighted by atomic mass is 10.1. The molecule has 204 valence electrons. The third kappa shape index (κ3) is 5.85. The van der Waals surface area contributed by atoms with Crippen LogP contribution in [0.2, 0.25) is 0 Å². The zero-order valence-corrected chi connectivity index (χ0v) is 22.2. The standard InChI is InChI=1S/C31H35N3O5/c1-2-5-27-26(4-1)28-6-3-7-29-32-30(31(27)34(28)29)24-8-10-25(11-9-24)33-12-14-35-16-18-37-20-22-39-23-21-38-19-17-36-15-13-33/h1-11H,12-23H2. The fraction of sp³-hybridized carbons (Fsp3) is 0.387. The molecule has 0 unspecified atom stereocenters. The van der Waals surface area contributed by atoms with Gasteiger partial charge in [-0.1, -0.05) is 42.5 Å². The van der Waals surface area contributed by atoms with Crippen LogP contribution in [-0.4, -0.2) is 88.5 Å². The normalized spacial score (nSPS) is 18.0. The van der Waals surface area contributed by atoms with Crippen molar-refractivity contribution < 1.29 is 23.7 Å². The Bertz CT molecular complexity index is 1450. The van der Waals surface area contributed by atoms with Crippen molar-refractivity contribution in [1.82, 2.24) is 9.38 Å². The Morgan fingerprint density at radius 3 is 1.72 bits per heavy atom. The van der Waals surface area contributed by atoms with E-state index in [0.29, 0.717) is 66.1 Å². The van der Waals surface area contributed by atoms with Crippen molar-refractivity contribution in [2.45, 2.75) is 0 Å². The fourth-order valence-electron chi connectivity index (χ4n) is 5.20. The Morgan fingerprint density at radius 2 is 1.10 bits per heavy atom. The summed E-state index contributed by atoms with van der Waals surface area (Å²) in [5.74, 6) is 0. The minimum atomic E-state index is 0.559. The molecule has 0 spiro atoms. The Hall–Kier alpha value is -3.27. The first-order chi connectivity index (χ1) is 19.4. The van der Waals surface area contributed by atoms with Crippen LogP contribution in [0.1, 0.15) is 0 Å². The van der Waals surface area contributed by atoms with Crippen LogP contribution in [0.5, 0.6) is 0 Å². The Labute approximate surface area is 228 Å². The molecule has 0 N–H and O–H groups in total. The van der Waals surface area contributed by atoms with Gasteiger partial charge >= 0.3 is 0 Å². The molecule has 0 amide bonds. The molecular formula is C31H35N3O5. The third-order valence-corrected chi connectivity index (χ3v) is 7.11. The van der Waals surface area contributed by atoms with Gasteiger partial charge in [-0.25, -0.2) is 4.98 Å². The summed E-state index contributed by atoms with van der Waals surface area (Å²) in [6.07, 6.45) is 0. The molecule has 0 bridgehead atoms. The van der Waals surface area contributed by atoms with Crippen LogP contribution in [0, 0.1) is 0 Å². The highest BCUT2D eigenvalue weighted by Crippen LogP contribution is 2.37. The number of nitrogens with zero attached hydrogens (tertiary/aromatic N) is 3. The van der Waals surface area contributed by atoms with Crippen LogP contribution in [0.15, 0.2) is 66.7 Å². The number of aromatic nitrogens is 2. The third-order valence-electron chi connectivity index (χ3n) is 7.11. The molecule has 5 aromatic rings. The van der Waals surface area contributed by atoms with E-state index in [1.54, 1.807) is 0 Å². The average molecular weight is 530 g/mol. The number of benzene rings is 2. The van der Waals surface area contributed by atoms with Crippen LogP contribution in [-0.2, 0) is 23.7 Å². The van der Waals surface area contributed by atoms with E-state index in [4.69, 9.17) is 28.7 Å². The summed E-state index contributed by atoms with van der Waals surface area (Å²) in [4.78, 5) is 7.33. The first kappa shape index (κ1) is 26.0. The summed E-state index contributed by atoms with van der Waals surface area (Å²) in [5.41, 5.74) is 6.58. The number of rotatable bonds is 2. The maximum absolute atomic E-state index is 5.85. The first-order valence-electron chi connectivity index (χ1n) is 13.8. The van der Waals surface area contributed by atoms with Gasteiger partial charge in [0.15, 0.2) is 0 Å². The van der Waals surface area contributed by atoms with Gasteiger partial charge in [0.1, 0.15) is 5.65 Å². The Balaban J connectivity index is 1.20. The zero-order chi connectivity index (χ0) is 26.3. The van der Waals surface area contributed by atoms with Crippen molar-refractivity contribution in [3.63, 3.8) is 0 Å². The lowest BCUT2D eigenvalue weighted by molar-refractivity contribution is -0.0116. The number of fused-ring (bicyclic) bond motifs is 3. The largest absolute Gasteiger partial charge is 0.377 e. The molecule has 0 radical (unpaired) electrons. The van der Waals surface area contributed by atoms with E-state index in [2.05, 4.69) is 76.0 Å². The van der Waals surface area contributed by atoms with Gasteiger partial charge in [0.25, 0.3) is 0 Å². The molecule has 2 aromatic carbocycles. The van der Waals surface area contributed by atoms with Crippen molar-refractivity contribution in [2.75, 3.05) is 84.1 Å². The molecule has 1 fully saturated rings. The lowest BCUT2D eigenvalue weighted by Gasteiger charge is -2.25. The van der Waals surface area contributed by atoms with Crippen LogP contribution in [0.3, 0.4) is 0 Å². The number of anilines is 1. The Morgan fingerprint density at radius 1 is 0.538 bits per heavy atom. The molecule has 8 nitrogen and oxygen atoms in total. The second-order valence-corrected chi connectivity index (χ2v) is 9.56. The average Bonchev–Trinajstić information content (AvgIpc) is 3.53. The highest BCUT2D eigenvalue weighted by molar-refractivity contribution is 6.13. The molecule has 0 aliphatic carbocycles. The monoisotopic (exact) mass is 529 g/mol. The summed E-state index contributed by atoms with van der Waals surface area (Å²) in [5, 5.41) is 2.48. The van der Waals surface area contributed by atoms with Crippen LogP contribution in [0.25, 0.3) is 38.7 Å². The zero-order valence-electron chi connectivity index (χ0n) is 22.2. The van der Waals surface area contributed by atoms with Gasteiger partial charge in [-0.3, -0.25) is 4.40 Å². The highest BCUT2D eigenvalue weighted by atomic mass is 16.6. The van der Waals surface area contributed by atoms with E-state index >= 15 is 0 Å². The molecule has 1 aliphatic rings. The molecule has 39 heavy (non-hydrogen) atoms. The van der Waals surface area contributed by atoms with E-state index in [0.717, 1.165) is 35.7 Å². The van der Waals surface area contributed by atoms with Gasteiger partial charge in [-0.05, 0) is 24.3 Å². The second kappa shape index (κ2) is 12.7. The summed E-state index contributed by atoms with van der Waals surface area (Å²) in [7, 11) is 0. The fourth-order valence-corrected chi connectivity index (χ4v) is 5.20. The number of pyridine rings is 1. The van der Waals surface area contributed by atoms with Gasteiger partial charge in [-0.2, -0.15) is 0 Å². The molecule has 3 aromatic heterocycles. The van der Waals surface area contributed by atoms with Gasteiger partial charge in [0.2, 0.25) is 0 Å². The summed E-state index contributed by atoms with van der Waals surface area (Å²) in [6, 6.07) is 23.6. The summed E-state index contributed by atoms with van der Waals surface area (Å²) >= 11 is 0. The van der Waals surface area contributed by atoms with E-state index < -0.39 is 0 Å². The quantitative estimate of drug-likeness (QED) is 0.330. The number of imidazole rings is 1. The van der Waals surface area contributed by atoms with Crippen LogP contribution >= 0.6 is 0 Å². The van der Waals surface area contributed by atoms with Gasteiger partial charge < -0.3 is 28.6 Å². The summed E-state index contributed by atoms with van der Waals surface area (Å²) in [6.45, 7) is 7.24. The minimum absolute atomic E-state index is 0.559. The summed E-state index contributed by atoms with van der Waals surface area (Å²) < 4.78 is 30.6.